The highest BCUT2D eigenvalue weighted by Gasteiger charge is 2.51. The zero-order chi connectivity index (χ0) is 42.4. The summed E-state index contributed by atoms with van der Waals surface area (Å²) < 4.78 is 2.24. The molecule has 2 aromatic heterocycles. The van der Waals surface area contributed by atoms with Crippen molar-refractivity contribution in [1.29, 1.82) is 5.26 Å². The third kappa shape index (κ3) is 5.37. The Labute approximate surface area is 374 Å². The van der Waals surface area contributed by atoms with E-state index in [1.165, 1.54) is 55.6 Å². The van der Waals surface area contributed by atoms with Crippen molar-refractivity contribution >= 4 is 31.5 Å². The number of nitriles is 1. The molecule has 11 aromatic rings. The van der Waals surface area contributed by atoms with E-state index in [1.54, 1.807) is 11.3 Å². The maximum Gasteiger partial charge on any atom is 0.164 e. The second-order valence-corrected chi connectivity index (χ2v) is 17.7. The van der Waals surface area contributed by atoms with Crippen LogP contribution < -0.4 is 0 Å². The molecule has 4 nitrogen and oxygen atoms in total. The van der Waals surface area contributed by atoms with Gasteiger partial charge in [0, 0.05) is 36.9 Å². The van der Waals surface area contributed by atoms with E-state index in [9.17, 15) is 5.26 Å². The molecule has 9 aromatic carbocycles. The third-order valence-corrected chi connectivity index (χ3v) is 14.3. The third-order valence-electron chi connectivity index (χ3n) is 13.2. The Hall–Kier alpha value is -8.30. The number of nitrogens with zero attached hydrogens (tertiary/aromatic N) is 4. The number of hydrogen-bond acceptors (Lipinski definition) is 5. The Morgan fingerprint density at radius 1 is 0.359 bits per heavy atom. The van der Waals surface area contributed by atoms with Crippen molar-refractivity contribution in [3.05, 3.63) is 234 Å². The predicted octanol–water partition coefficient (Wildman–Crippen LogP) is 14.8. The Morgan fingerprint density at radius 3 is 1.55 bits per heavy atom. The van der Waals surface area contributed by atoms with E-state index >= 15 is 0 Å². The van der Waals surface area contributed by atoms with Crippen LogP contribution in [0.3, 0.4) is 0 Å². The molecule has 64 heavy (non-hydrogen) atoms. The molecule has 2 aliphatic rings. The summed E-state index contributed by atoms with van der Waals surface area (Å²) in [5.41, 5.74) is 18.1. The van der Waals surface area contributed by atoms with E-state index in [0.29, 0.717) is 23.0 Å². The Balaban J connectivity index is 0.897. The Morgan fingerprint density at radius 2 is 0.875 bits per heavy atom. The molecule has 296 valence electrons. The summed E-state index contributed by atoms with van der Waals surface area (Å²) in [5, 5.41) is 11.8. The van der Waals surface area contributed by atoms with Crippen LogP contribution in [-0.4, -0.2) is 15.0 Å². The molecule has 0 atom stereocenters. The second kappa shape index (κ2) is 14.1. The van der Waals surface area contributed by atoms with E-state index in [4.69, 9.17) is 15.0 Å². The largest absolute Gasteiger partial charge is 0.208 e. The van der Waals surface area contributed by atoms with E-state index < -0.39 is 0 Å². The first kappa shape index (κ1) is 36.4. The quantitative estimate of drug-likeness (QED) is 0.173. The second-order valence-electron chi connectivity index (χ2n) is 16.6. The van der Waals surface area contributed by atoms with Gasteiger partial charge >= 0.3 is 0 Å². The van der Waals surface area contributed by atoms with Crippen LogP contribution in [0.1, 0.15) is 27.8 Å². The van der Waals surface area contributed by atoms with Gasteiger partial charge in [-0.3, -0.25) is 0 Å². The van der Waals surface area contributed by atoms with Gasteiger partial charge in [0.1, 0.15) is 0 Å². The van der Waals surface area contributed by atoms with Gasteiger partial charge in [-0.15, -0.1) is 11.3 Å². The molecule has 0 saturated heterocycles. The molecule has 0 bridgehead atoms. The lowest BCUT2D eigenvalue weighted by Gasteiger charge is -2.30. The lowest BCUT2D eigenvalue weighted by Crippen LogP contribution is -2.25. The maximum absolute atomic E-state index is 9.76. The highest BCUT2D eigenvalue weighted by Crippen LogP contribution is 2.63. The van der Waals surface area contributed by atoms with Crippen LogP contribution in [0.2, 0.25) is 0 Å². The Bertz CT molecular complexity index is 3680. The first-order valence-electron chi connectivity index (χ1n) is 21.5. The van der Waals surface area contributed by atoms with Crippen molar-refractivity contribution in [3.8, 4) is 84.7 Å². The van der Waals surface area contributed by atoms with E-state index in [2.05, 4.69) is 164 Å². The molecule has 0 aliphatic heterocycles. The van der Waals surface area contributed by atoms with Crippen LogP contribution in [0, 0.1) is 11.3 Å². The van der Waals surface area contributed by atoms with Crippen LogP contribution in [0.5, 0.6) is 0 Å². The van der Waals surface area contributed by atoms with Crippen LogP contribution in [-0.2, 0) is 5.41 Å². The molecular weight excluding hydrogens is 797 g/mol. The van der Waals surface area contributed by atoms with Gasteiger partial charge in [-0.25, -0.2) is 15.0 Å². The van der Waals surface area contributed by atoms with Gasteiger partial charge in [0.25, 0.3) is 0 Å². The lowest BCUT2D eigenvalue weighted by atomic mass is 9.70. The zero-order valence-corrected chi connectivity index (χ0v) is 35.1. The summed E-state index contributed by atoms with van der Waals surface area (Å²) in [5.74, 6) is 1.79. The molecule has 5 heteroatoms. The van der Waals surface area contributed by atoms with Crippen molar-refractivity contribution in [2.24, 2.45) is 0 Å². The van der Waals surface area contributed by atoms with Gasteiger partial charge in [0.05, 0.1) is 17.0 Å². The monoisotopic (exact) mass is 830 g/mol. The average Bonchev–Trinajstić information content (AvgIpc) is 4.00. The molecule has 2 aliphatic carbocycles. The number of hydrogen-bond donors (Lipinski definition) is 0. The molecule has 0 N–H and O–H groups in total. The van der Waals surface area contributed by atoms with Gasteiger partial charge in [-0.05, 0) is 103 Å². The fourth-order valence-corrected chi connectivity index (χ4v) is 11.5. The van der Waals surface area contributed by atoms with Crippen molar-refractivity contribution < 1.29 is 0 Å². The molecule has 2 heterocycles. The molecule has 13 rings (SSSR count). The van der Waals surface area contributed by atoms with Crippen molar-refractivity contribution in [2.75, 3.05) is 0 Å². The van der Waals surface area contributed by atoms with Crippen molar-refractivity contribution in [3.63, 3.8) is 0 Å². The average molecular weight is 831 g/mol. The summed E-state index contributed by atoms with van der Waals surface area (Å²) in [6.45, 7) is 0. The van der Waals surface area contributed by atoms with Crippen LogP contribution in [0.15, 0.2) is 206 Å². The number of thiophene rings is 1. The summed E-state index contributed by atoms with van der Waals surface area (Å²) in [6.07, 6.45) is 0. The van der Waals surface area contributed by atoms with Crippen LogP contribution in [0.4, 0.5) is 0 Å². The summed E-state index contributed by atoms with van der Waals surface area (Å²) >= 11 is 1.71. The number of rotatable bonds is 5. The molecule has 0 saturated carbocycles. The summed E-state index contributed by atoms with van der Waals surface area (Å²) in [6, 6.07) is 75.9. The van der Waals surface area contributed by atoms with Crippen molar-refractivity contribution in [2.45, 2.75) is 5.41 Å². The summed E-state index contributed by atoms with van der Waals surface area (Å²) in [7, 11) is 0. The minimum atomic E-state index is -0.379. The number of aromatic nitrogens is 3. The minimum Gasteiger partial charge on any atom is -0.208 e. The van der Waals surface area contributed by atoms with Gasteiger partial charge in [-0.2, -0.15) is 5.26 Å². The van der Waals surface area contributed by atoms with Gasteiger partial charge in [0.15, 0.2) is 17.5 Å². The van der Waals surface area contributed by atoms with Gasteiger partial charge in [0.2, 0.25) is 0 Å². The van der Waals surface area contributed by atoms with E-state index in [0.717, 1.165) is 48.0 Å². The highest BCUT2D eigenvalue weighted by molar-refractivity contribution is 7.25. The Kier molecular flexibility index (Phi) is 8.02. The maximum atomic E-state index is 9.76. The minimum absolute atomic E-state index is 0.379. The number of benzene rings is 9. The SMILES string of the molecule is N#Cc1ccc2sc3cccc(-c4nc(-c5ccccc5)nc(-c5cccc(-c6ccc(-c7ccc8c(c7)C7(c9ccccc9-c9ccccc97)c7ccccc7-8)cc6)c5)n4)c3c2c1. The molecule has 0 fully saturated rings. The normalized spacial score (nSPS) is 12.8. The predicted molar refractivity (Wildman–Crippen MR) is 261 cm³/mol. The first-order valence-corrected chi connectivity index (χ1v) is 22.3. The molecule has 0 amide bonds. The molecule has 0 unspecified atom stereocenters. The standard InChI is InChI=1S/C59H34N4S/c60-35-36-24-31-53-48(32-36)55-47(19-11-23-54(55)64-53)58-62-56(39-12-2-1-3-13-39)61-57(63-58)42-15-10-14-40(33-42)37-25-27-38(28-26-37)41-29-30-46-45-18-6-9-22-51(45)59(52(46)34-41)49-20-7-4-16-43(49)44-17-5-8-21-50(44)59/h1-34H. The molecular formula is C59H34N4S. The smallest absolute Gasteiger partial charge is 0.164 e. The zero-order valence-electron chi connectivity index (χ0n) is 34.3. The topological polar surface area (TPSA) is 62.5 Å². The van der Waals surface area contributed by atoms with E-state index in [1.807, 2.05) is 48.5 Å². The first-order chi connectivity index (χ1) is 31.7. The van der Waals surface area contributed by atoms with Crippen LogP contribution in [0.25, 0.3) is 98.8 Å². The number of fused-ring (bicyclic) bond motifs is 13. The fourth-order valence-electron chi connectivity index (χ4n) is 10.4. The molecule has 1 spiro atoms. The van der Waals surface area contributed by atoms with Crippen LogP contribution >= 0.6 is 11.3 Å². The fraction of sp³-hybridized carbons (Fsp3) is 0.0169. The highest BCUT2D eigenvalue weighted by atomic mass is 32.1. The van der Waals surface area contributed by atoms with E-state index in [-0.39, 0.29) is 5.41 Å². The molecule has 0 radical (unpaired) electrons. The van der Waals surface area contributed by atoms with Crippen molar-refractivity contribution in [1.82, 2.24) is 15.0 Å². The van der Waals surface area contributed by atoms with Gasteiger partial charge in [-0.1, -0.05) is 170 Å². The summed E-state index contributed by atoms with van der Waals surface area (Å²) in [4.78, 5) is 15.4. The lowest BCUT2D eigenvalue weighted by molar-refractivity contribution is 0.794. The van der Waals surface area contributed by atoms with Gasteiger partial charge < -0.3 is 0 Å².